The minimum Gasteiger partial charge on any atom is -0.374 e. The fraction of sp³-hybridized carbons (Fsp3) is 0.900. The van der Waals surface area contributed by atoms with Crippen LogP contribution in [-0.4, -0.2) is 24.5 Å². The third-order valence-corrected chi connectivity index (χ3v) is 3.15. The van der Waals surface area contributed by atoms with E-state index in [-0.39, 0.29) is 18.1 Å². The number of ether oxygens (including phenoxy) is 1. The highest BCUT2D eigenvalue weighted by atomic mass is 16.5. The Kier molecular flexibility index (Phi) is 2.65. The molecule has 0 unspecified atom stereocenters. The van der Waals surface area contributed by atoms with Crippen molar-refractivity contribution < 1.29 is 9.53 Å². The third-order valence-electron chi connectivity index (χ3n) is 3.15. The van der Waals surface area contributed by atoms with Crippen molar-refractivity contribution in [1.82, 2.24) is 0 Å². The number of nitrogens with two attached hydrogens (primary N) is 1. The summed E-state index contributed by atoms with van der Waals surface area (Å²) in [5, 5.41) is 0. The number of hydrogen-bond donors (Lipinski definition) is 1. The van der Waals surface area contributed by atoms with Crippen molar-refractivity contribution in [2.24, 2.45) is 11.7 Å². The molecule has 0 aromatic rings. The molecule has 0 radical (unpaired) electrons. The fourth-order valence-corrected chi connectivity index (χ4v) is 2.48. The molecule has 0 spiro atoms. The lowest BCUT2D eigenvalue weighted by molar-refractivity contribution is -0.127. The largest absolute Gasteiger partial charge is 0.374 e. The minimum atomic E-state index is 0.199. The van der Waals surface area contributed by atoms with Crippen LogP contribution in [0.4, 0.5) is 0 Å². The van der Waals surface area contributed by atoms with Crippen molar-refractivity contribution in [3.63, 3.8) is 0 Å². The van der Waals surface area contributed by atoms with E-state index in [1.54, 1.807) is 0 Å². The summed E-state index contributed by atoms with van der Waals surface area (Å²) in [6.45, 7) is 0.665. The molecule has 3 nitrogen and oxygen atoms in total. The van der Waals surface area contributed by atoms with E-state index in [1.165, 1.54) is 0 Å². The highest BCUT2D eigenvalue weighted by Gasteiger charge is 2.40. The first-order valence-electron chi connectivity index (χ1n) is 5.19. The Bertz CT molecular complexity index is 205. The van der Waals surface area contributed by atoms with Crippen LogP contribution >= 0.6 is 0 Å². The molecule has 2 rings (SSSR count). The first kappa shape index (κ1) is 9.16. The van der Waals surface area contributed by atoms with Crippen LogP contribution in [0.2, 0.25) is 0 Å². The number of rotatable bonds is 2. The number of carbonyl (C=O) groups is 1. The van der Waals surface area contributed by atoms with Gasteiger partial charge in [0.15, 0.2) is 0 Å². The number of hydrogen-bond acceptors (Lipinski definition) is 3. The quantitative estimate of drug-likeness (QED) is 0.691. The highest BCUT2D eigenvalue weighted by molar-refractivity contribution is 5.82. The van der Waals surface area contributed by atoms with Crippen molar-refractivity contribution in [2.45, 2.75) is 44.3 Å². The molecule has 3 heteroatoms. The lowest BCUT2D eigenvalue weighted by Crippen LogP contribution is -2.28. The fourth-order valence-electron chi connectivity index (χ4n) is 2.48. The molecule has 1 saturated carbocycles. The predicted molar refractivity (Wildman–Crippen MR) is 49.3 cm³/mol. The molecule has 1 heterocycles. The van der Waals surface area contributed by atoms with Crippen molar-refractivity contribution in [3.05, 3.63) is 0 Å². The standard InChI is InChI=1S/C10H17NO2/c11-5-4-7-6-8-9(12)2-1-3-10(8)13-7/h7-8,10H,1-6,11H2/t7-,8-,10+/m1/s1. The molecular formula is C10H17NO2. The van der Waals surface area contributed by atoms with Gasteiger partial charge in [0, 0.05) is 12.3 Å². The molecule has 0 aromatic heterocycles. The van der Waals surface area contributed by atoms with Crippen molar-refractivity contribution in [3.8, 4) is 0 Å². The summed E-state index contributed by atoms with van der Waals surface area (Å²) in [5.41, 5.74) is 5.47. The van der Waals surface area contributed by atoms with Gasteiger partial charge in [0.2, 0.25) is 0 Å². The second-order valence-electron chi connectivity index (χ2n) is 4.07. The molecule has 0 aromatic carbocycles. The van der Waals surface area contributed by atoms with E-state index in [1.807, 2.05) is 0 Å². The Labute approximate surface area is 78.6 Å². The molecule has 1 aliphatic heterocycles. The van der Waals surface area contributed by atoms with Gasteiger partial charge < -0.3 is 10.5 Å². The van der Waals surface area contributed by atoms with E-state index in [0.29, 0.717) is 12.3 Å². The van der Waals surface area contributed by atoms with Crippen molar-refractivity contribution >= 4 is 5.78 Å². The monoisotopic (exact) mass is 183 g/mol. The maximum atomic E-state index is 11.5. The second-order valence-corrected chi connectivity index (χ2v) is 4.07. The van der Waals surface area contributed by atoms with Gasteiger partial charge in [-0.25, -0.2) is 0 Å². The first-order chi connectivity index (χ1) is 6.31. The maximum absolute atomic E-state index is 11.5. The SMILES string of the molecule is NCC[C@@H]1C[C@@H]2C(=O)CCC[C@@H]2O1. The average Bonchev–Trinajstić information content (AvgIpc) is 2.49. The molecule has 13 heavy (non-hydrogen) atoms. The second kappa shape index (κ2) is 3.76. The summed E-state index contributed by atoms with van der Waals surface area (Å²) in [6, 6.07) is 0. The highest BCUT2D eigenvalue weighted by Crippen LogP contribution is 2.36. The van der Waals surface area contributed by atoms with Crippen LogP contribution in [0, 0.1) is 5.92 Å². The zero-order chi connectivity index (χ0) is 9.26. The molecule has 2 fully saturated rings. The average molecular weight is 183 g/mol. The maximum Gasteiger partial charge on any atom is 0.138 e. The molecule has 74 valence electrons. The zero-order valence-corrected chi connectivity index (χ0v) is 7.87. The van der Waals surface area contributed by atoms with E-state index < -0.39 is 0 Å². The predicted octanol–water partition coefficient (Wildman–Crippen LogP) is 0.862. The van der Waals surface area contributed by atoms with Gasteiger partial charge >= 0.3 is 0 Å². The van der Waals surface area contributed by atoms with Crippen LogP contribution in [0.1, 0.15) is 32.1 Å². The number of ketones is 1. The summed E-state index contributed by atoms with van der Waals surface area (Å²) in [4.78, 5) is 11.5. The molecule has 1 saturated heterocycles. The zero-order valence-electron chi connectivity index (χ0n) is 7.87. The Morgan fingerprint density at radius 2 is 2.38 bits per heavy atom. The van der Waals surface area contributed by atoms with Crippen LogP contribution in [0.15, 0.2) is 0 Å². The molecule has 3 atom stereocenters. The number of fused-ring (bicyclic) bond motifs is 1. The van der Waals surface area contributed by atoms with Crippen LogP contribution < -0.4 is 5.73 Å². The van der Waals surface area contributed by atoms with E-state index in [4.69, 9.17) is 10.5 Å². The van der Waals surface area contributed by atoms with Gasteiger partial charge in [0.1, 0.15) is 5.78 Å². The first-order valence-corrected chi connectivity index (χ1v) is 5.19. The van der Waals surface area contributed by atoms with Crippen molar-refractivity contribution in [2.75, 3.05) is 6.54 Å². The van der Waals surface area contributed by atoms with E-state index in [0.717, 1.165) is 32.1 Å². The topological polar surface area (TPSA) is 52.3 Å². The molecule has 2 N–H and O–H groups in total. The van der Waals surface area contributed by atoms with Gasteiger partial charge in [0.25, 0.3) is 0 Å². The van der Waals surface area contributed by atoms with Gasteiger partial charge in [-0.15, -0.1) is 0 Å². The van der Waals surface area contributed by atoms with Crippen LogP contribution in [0.3, 0.4) is 0 Å². The number of carbonyl (C=O) groups excluding carboxylic acids is 1. The van der Waals surface area contributed by atoms with E-state index in [2.05, 4.69) is 0 Å². The van der Waals surface area contributed by atoms with Crippen LogP contribution in [0.5, 0.6) is 0 Å². The van der Waals surface area contributed by atoms with Gasteiger partial charge in [-0.05, 0) is 32.2 Å². The van der Waals surface area contributed by atoms with E-state index in [9.17, 15) is 4.79 Å². The van der Waals surface area contributed by atoms with Crippen LogP contribution in [-0.2, 0) is 9.53 Å². The van der Waals surface area contributed by atoms with Gasteiger partial charge in [-0.1, -0.05) is 0 Å². The Balaban J connectivity index is 1.96. The summed E-state index contributed by atoms with van der Waals surface area (Å²) in [6.07, 6.45) is 5.13. The molecule has 0 bridgehead atoms. The van der Waals surface area contributed by atoms with Gasteiger partial charge in [0.05, 0.1) is 12.2 Å². The Morgan fingerprint density at radius 1 is 1.54 bits per heavy atom. The normalized spacial score (nSPS) is 39.2. The Hall–Kier alpha value is -0.410. The lowest BCUT2D eigenvalue weighted by atomic mass is 9.84. The smallest absolute Gasteiger partial charge is 0.138 e. The molecule has 1 aliphatic carbocycles. The van der Waals surface area contributed by atoms with Crippen LogP contribution in [0.25, 0.3) is 0 Å². The van der Waals surface area contributed by atoms with Crippen molar-refractivity contribution in [1.29, 1.82) is 0 Å². The van der Waals surface area contributed by atoms with Gasteiger partial charge in [-0.2, -0.15) is 0 Å². The summed E-state index contributed by atoms with van der Waals surface area (Å²) >= 11 is 0. The summed E-state index contributed by atoms with van der Waals surface area (Å²) in [7, 11) is 0. The van der Waals surface area contributed by atoms with E-state index >= 15 is 0 Å². The molecule has 0 amide bonds. The molecule has 2 aliphatic rings. The summed E-state index contributed by atoms with van der Waals surface area (Å²) in [5.74, 6) is 0.612. The summed E-state index contributed by atoms with van der Waals surface area (Å²) < 4.78 is 5.78. The third kappa shape index (κ3) is 1.76. The Morgan fingerprint density at radius 3 is 3.08 bits per heavy atom. The minimum absolute atomic E-state index is 0.199. The lowest BCUT2D eigenvalue weighted by Gasteiger charge is -2.22. The number of Topliss-reactive ketones (excluding diaryl/α,β-unsaturated/α-hetero) is 1. The molecular weight excluding hydrogens is 166 g/mol. The van der Waals surface area contributed by atoms with Gasteiger partial charge in [-0.3, -0.25) is 4.79 Å².